The summed E-state index contributed by atoms with van der Waals surface area (Å²) in [5, 5.41) is 4.68. The summed E-state index contributed by atoms with van der Waals surface area (Å²) >= 11 is 7.51. The number of anilines is 1. The summed E-state index contributed by atoms with van der Waals surface area (Å²) < 4.78 is 5.17. The Morgan fingerprint density at radius 1 is 0.974 bits per heavy atom. The summed E-state index contributed by atoms with van der Waals surface area (Å²) in [6.07, 6.45) is 4.80. The van der Waals surface area contributed by atoms with E-state index >= 15 is 0 Å². The fraction of sp³-hybridized carbons (Fsp3) is 0.161. The summed E-state index contributed by atoms with van der Waals surface area (Å²) in [6.45, 7) is 1.37. The number of thiazole rings is 1. The van der Waals surface area contributed by atoms with Crippen molar-refractivity contribution in [2.24, 2.45) is 0 Å². The molecule has 5 aromatic rings. The summed E-state index contributed by atoms with van der Waals surface area (Å²) in [7, 11) is 4.03. The Balaban J connectivity index is 1.57. The summed E-state index contributed by atoms with van der Waals surface area (Å²) in [5.74, 6) is -0.176. The number of benzene rings is 3. The second-order valence-electron chi connectivity index (χ2n) is 9.85. The highest BCUT2D eigenvalue weighted by Gasteiger charge is 2.26. The quantitative estimate of drug-likeness (QED) is 0.338. The van der Waals surface area contributed by atoms with E-state index in [4.69, 9.17) is 11.6 Å². The van der Waals surface area contributed by atoms with Crippen LogP contribution in [-0.2, 0) is 11.3 Å². The third-order valence-electron chi connectivity index (χ3n) is 6.91. The van der Waals surface area contributed by atoms with Crippen LogP contribution in [0.4, 0.5) is 5.69 Å². The van der Waals surface area contributed by atoms with Gasteiger partial charge in [0.25, 0.3) is 11.5 Å². The van der Waals surface area contributed by atoms with Gasteiger partial charge >= 0.3 is 0 Å². The molecule has 8 heteroatoms. The Hall–Kier alpha value is -3.91. The van der Waals surface area contributed by atoms with Gasteiger partial charge in [-0.25, -0.2) is 0 Å². The van der Waals surface area contributed by atoms with Crippen molar-refractivity contribution in [2.75, 3.05) is 26.0 Å². The van der Waals surface area contributed by atoms with E-state index in [9.17, 15) is 9.59 Å². The van der Waals surface area contributed by atoms with Crippen molar-refractivity contribution < 1.29 is 4.79 Å². The molecule has 1 aliphatic heterocycles. The summed E-state index contributed by atoms with van der Waals surface area (Å²) in [4.78, 5) is 29.1. The maximum atomic E-state index is 13.9. The minimum Gasteiger partial charge on any atom is -0.321 e. The van der Waals surface area contributed by atoms with E-state index in [1.165, 1.54) is 11.3 Å². The van der Waals surface area contributed by atoms with Gasteiger partial charge in [-0.2, -0.15) is 0 Å². The lowest BCUT2D eigenvalue weighted by atomic mass is 10.1. The monoisotopic (exact) mass is 554 g/mol. The number of carbonyl (C=O) groups excluding carboxylic acids is 1. The van der Waals surface area contributed by atoms with Gasteiger partial charge < -0.3 is 14.8 Å². The number of rotatable bonds is 6. The molecule has 1 amide bonds. The van der Waals surface area contributed by atoms with Crippen LogP contribution in [0.2, 0.25) is 5.02 Å². The molecule has 0 unspecified atom stereocenters. The first-order valence-corrected chi connectivity index (χ1v) is 14.0. The molecule has 0 bridgehead atoms. The summed E-state index contributed by atoms with van der Waals surface area (Å²) in [5.41, 5.74) is 5.03. The zero-order chi connectivity index (χ0) is 27.1. The van der Waals surface area contributed by atoms with Gasteiger partial charge in [0, 0.05) is 45.7 Å². The Morgan fingerprint density at radius 2 is 1.72 bits per heavy atom. The molecule has 0 saturated heterocycles. The molecular formula is C31H27ClN4O2S. The van der Waals surface area contributed by atoms with Gasteiger partial charge in [0.15, 0.2) is 0 Å². The first-order valence-electron chi connectivity index (χ1n) is 12.8. The molecule has 2 aromatic heterocycles. The molecule has 3 heterocycles. The Labute approximate surface area is 234 Å². The Kier molecular flexibility index (Phi) is 6.73. The van der Waals surface area contributed by atoms with Crippen LogP contribution in [0.25, 0.3) is 28.2 Å². The van der Waals surface area contributed by atoms with E-state index in [1.807, 2.05) is 87.0 Å². The largest absolute Gasteiger partial charge is 0.321 e. The molecule has 0 saturated carbocycles. The van der Waals surface area contributed by atoms with E-state index in [0.717, 1.165) is 46.4 Å². The number of amides is 1. The maximum absolute atomic E-state index is 13.9. The smallest absolute Gasteiger partial charge is 0.269 e. The van der Waals surface area contributed by atoms with Crippen molar-refractivity contribution in [1.29, 1.82) is 0 Å². The van der Waals surface area contributed by atoms with Gasteiger partial charge in [-0.3, -0.25) is 14.2 Å². The normalized spacial score (nSPS) is 14.9. The second kappa shape index (κ2) is 10.3. The van der Waals surface area contributed by atoms with Crippen LogP contribution in [-0.4, -0.2) is 40.6 Å². The molecule has 0 spiro atoms. The molecular weight excluding hydrogens is 528 g/mol. The van der Waals surface area contributed by atoms with Crippen LogP contribution in [0.5, 0.6) is 0 Å². The van der Waals surface area contributed by atoms with Gasteiger partial charge in [0.2, 0.25) is 0 Å². The third kappa shape index (κ3) is 4.74. The number of nitrogens with zero attached hydrogens (tertiary/aromatic N) is 3. The predicted molar refractivity (Wildman–Crippen MR) is 160 cm³/mol. The maximum Gasteiger partial charge on any atom is 0.269 e. The van der Waals surface area contributed by atoms with Gasteiger partial charge in [-0.1, -0.05) is 48.0 Å². The molecule has 6 rings (SSSR count). The molecule has 1 aliphatic rings. The standard InChI is InChI=1S/C31H27ClN4O2S/c1-34(2)16-7-17-35-30(38)27(39-31(35)28-24-9-3-5-10-25(24)33-29(28)37)18-20-19-36(22-14-12-21(32)13-15-22)26-11-6-4-8-23(20)26/h3-6,8-15,18-19H,7,16-17H2,1-2H3,(H,33,37). The van der Waals surface area contributed by atoms with Gasteiger partial charge in [-0.15, -0.1) is 11.3 Å². The first-order chi connectivity index (χ1) is 18.9. The topological polar surface area (TPSA) is 59.3 Å². The average molecular weight is 555 g/mol. The zero-order valence-electron chi connectivity index (χ0n) is 21.6. The highest BCUT2D eigenvalue weighted by Crippen LogP contribution is 2.29. The van der Waals surface area contributed by atoms with Crippen molar-refractivity contribution in [2.45, 2.75) is 13.0 Å². The molecule has 0 atom stereocenters. The van der Waals surface area contributed by atoms with Crippen molar-refractivity contribution in [3.63, 3.8) is 0 Å². The third-order valence-corrected chi connectivity index (χ3v) is 8.30. The lowest BCUT2D eigenvalue weighted by molar-refractivity contribution is -0.110. The molecule has 0 aliphatic carbocycles. The Morgan fingerprint density at radius 3 is 2.51 bits per heavy atom. The van der Waals surface area contributed by atoms with Crippen molar-refractivity contribution >= 4 is 57.1 Å². The van der Waals surface area contributed by atoms with E-state index in [0.29, 0.717) is 26.3 Å². The van der Waals surface area contributed by atoms with E-state index < -0.39 is 0 Å². The van der Waals surface area contributed by atoms with Gasteiger partial charge in [0.05, 0.1) is 15.6 Å². The number of hydrogen-bond donors (Lipinski definition) is 1. The van der Waals surface area contributed by atoms with Crippen LogP contribution in [0.1, 0.15) is 17.5 Å². The number of carbonyl (C=O) groups is 1. The highest BCUT2D eigenvalue weighted by molar-refractivity contribution is 7.07. The molecule has 1 N–H and O–H groups in total. The van der Waals surface area contributed by atoms with E-state index in [-0.39, 0.29) is 11.5 Å². The van der Waals surface area contributed by atoms with Crippen molar-refractivity contribution in [3.8, 4) is 5.69 Å². The van der Waals surface area contributed by atoms with Crippen molar-refractivity contribution in [3.05, 3.63) is 115 Å². The van der Waals surface area contributed by atoms with E-state index in [1.54, 1.807) is 4.57 Å². The van der Waals surface area contributed by atoms with Crippen molar-refractivity contribution in [1.82, 2.24) is 14.0 Å². The molecule has 196 valence electrons. The van der Waals surface area contributed by atoms with Crippen LogP contribution >= 0.6 is 22.9 Å². The number of nitrogens with one attached hydrogen (secondary N) is 1. The fourth-order valence-electron chi connectivity index (χ4n) is 5.06. The molecule has 6 nitrogen and oxygen atoms in total. The predicted octanol–water partition coefficient (Wildman–Crippen LogP) is 4.44. The van der Waals surface area contributed by atoms with Crippen LogP contribution in [0, 0.1) is 0 Å². The minimum absolute atomic E-state index is 0.0817. The van der Waals surface area contributed by atoms with Crippen LogP contribution in [0.15, 0.2) is 83.8 Å². The fourth-order valence-corrected chi connectivity index (χ4v) is 6.37. The molecule has 0 radical (unpaired) electrons. The Bertz CT molecular complexity index is 1900. The highest BCUT2D eigenvalue weighted by atomic mass is 35.5. The molecule has 0 fully saturated rings. The lowest BCUT2D eigenvalue weighted by Gasteiger charge is -2.09. The van der Waals surface area contributed by atoms with E-state index in [2.05, 4.69) is 26.9 Å². The first kappa shape index (κ1) is 25.4. The lowest BCUT2D eigenvalue weighted by Crippen LogP contribution is -2.34. The number of aromatic nitrogens is 2. The summed E-state index contributed by atoms with van der Waals surface area (Å²) in [6, 6.07) is 23.5. The number of hydrogen-bond acceptors (Lipinski definition) is 4. The SMILES string of the molecule is CN(C)CCCn1c(=C2C(=O)Nc3ccccc32)sc(=Cc2cn(-c3ccc(Cl)cc3)c3ccccc23)c1=O. The zero-order valence-corrected chi connectivity index (χ0v) is 23.2. The van der Waals surface area contributed by atoms with Crippen LogP contribution in [0.3, 0.4) is 0 Å². The minimum atomic E-state index is -0.176. The second-order valence-corrected chi connectivity index (χ2v) is 11.3. The molecule has 39 heavy (non-hydrogen) atoms. The number of fused-ring (bicyclic) bond motifs is 2. The number of halogens is 1. The number of para-hydroxylation sites is 2. The average Bonchev–Trinajstić information content (AvgIpc) is 3.56. The van der Waals surface area contributed by atoms with Crippen LogP contribution < -0.4 is 20.1 Å². The van der Waals surface area contributed by atoms with Gasteiger partial charge in [0.1, 0.15) is 4.66 Å². The molecule has 3 aromatic carbocycles. The van der Waals surface area contributed by atoms with Gasteiger partial charge in [-0.05, 0) is 69.5 Å².